The molecule has 44 heavy (non-hydrogen) atoms. The van der Waals surface area contributed by atoms with Crippen molar-refractivity contribution in [3.05, 3.63) is 11.2 Å². The van der Waals surface area contributed by atoms with Crippen molar-refractivity contribution >= 4 is 35.6 Å². The minimum absolute atomic E-state index is 0.120. The maximum absolute atomic E-state index is 13.6. The molecule has 2 amide bonds. The number of rotatable bonds is 10. The zero-order valence-corrected chi connectivity index (χ0v) is 28.5. The van der Waals surface area contributed by atoms with E-state index in [1.807, 2.05) is 51.3 Å². The lowest BCUT2D eigenvalue weighted by molar-refractivity contribution is 0.0000129. The number of halogens is 1. The molecule has 0 atom stereocenters. The van der Waals surface area contributed by atoms with Gasteiger partial charge in [-0.15, -0.1) is 0 Å². The van der Waals surface area contributed by atoms with Crippen molar-refractivity contribution in [2.45, 2.75) is 129 Å². The molecular weight excluding hydrogens is 580 g/mol. The molecule has 0 unspecified atom stereocenters. The van der Waals surface area contributed by atoms with Crippen LogP contribution in [-0.4, -0.2) is 75.4 Å². The van der Waals surface area contributed by atoms with Gasteiger partial charge in [-0.3, -0.25) is 0 Å². The maximum atomic E-state index is 13.6. The van der Waals surface area contributed by atoms with Crippen LogP contribution in [-0.2, 0) is 9.47 Å². The van der Waals surface area contributed by atoms with Crippen LogP contribution >= 0.6 is 11.6 Å². The van der Waals surface area contributed by atoms with E-state index in [0.717, 1.165) is 70.8 Å². The summed E-state index contributed by atoms with van der Waals surface area (Å²) in [6.45, 7) is 14.2. The van der Waals surface area contributed by atoms with Crippen LogP contribution in [0.2, 0.25) is 5.15 Å². The summed E-state index contributed by atoms with van der Waals surface area (Å²) in [5.74, 6) is 1.68. The molecule has 0 spiro atoms. The molecule has 0 saturated heterocycles. The fourth-order valence-electron chi connectivity index (χ4n) is 6.57. The molecule has 1 aromatic heterocycles. The number of nitrogens with two attached hydrogens (primary N) is 1. The zero-order chi connectivity index (χ0) is 32.1. The number of nitrogens with one attached hydrogen (secondary N) is 1. The van der Waals surface area contributed by atoms with Crippen LogP contribution in [0.3, 0.4) is 0 Å². The summed E-state index contributed by atoms with van der Waals surface area (Å²) in [5.41, 5.74) is 4.56. The number of hydrogen-bond donors (Lipinski definition) is 2. The third-order valence-corrected chi connectivity index (χ3v) is 9.19. The third kappa shape index (κ3) is 10.8. The smallest absolute Gasteiger partial charge is 0.410 e. The molecule has 3 N–H and O–H groups in total. The van der Waals surface area contributed by atoms with Gasteiger partial charge in [-0.25, -0.2) is 14.6 Å². The highest BCUT2D eigenvalue weighted by molar-refractivity contribution is 6.29. The van der Waals surface area contributed by atoms with Gasteiger partial charge in [0, 0.05) is 43.7 Å². The fraction of sp³-hybridized carbons (Fsp3) is 0.818. The first-order chi connectivity index (χ1) is 20.6. The summed E-state index contributed by atoms with van der Waals surface area (Å²) in [5, 5.41) is 3.62. The van der Waals surface area contributed by atoms with Gasteiger partial charge in [0.25, 0.3) is 0 Å². The Hall–Kier alpha value is -2.49. The van der Waals surface area contributed by atoms with Crippen LogP contribution in [0.25, 0.3) is 0 Å². The highest BCUT2D eigenvalue weighted by Gasteiger charge is 2.49. The minimum Gasteiger partial charge on any atom is -0.444 e. The van der Waals surface area contributed by atoms with Crippen LogP contribution < -0.4 is 11.1 Å². The Bertz CT molecular complexity index is 1100. The molecule has 3 aliphatic rings. The predicted molar refractivity (Wildman–Crippen MR) is 175 cm³/mol. The Balaban J connectivity index is 1.39. The first kappa shape index (κ1) is 34.4. The lowest BCUT2D eigenvalue weighted by atomic mass is 9.81. The summed E-state index contributed by atoms with van der Waals surface area (Å²) in [4.78, 5) is 39.4. The SMILES string of the molecule is CC(C)(C)OC(=O)N(CC1(CN(C(=O)OC(C)(C)C)C2CCCCC2)CC1)C[C@H]1CC[C@H](CNc2nc(N)cc(Cl)n2)CC1. The Morgan fingerprint density at radius 3 is 2.07 bits per heavy atom. The van der Waals surface area contributed by atoms with Gasteiger partial charge in [0.1, 0.15) is 22.2 Å². The molecule has 0 aromatic carbocycles. The van der Waals surface area contributed by atoms with E-state index in [-0.39, 0.29) is 23.6 Å². The Morgan fingerprint density at radius 2 is 1.50 bits per heavy atom. The number of anilines is 2. The Morgan fingerprint density at radius 1 is 0.909 bits per heavy atom. The van der Waals surface area contributed by atoms with E-state index in [1.165, 1.54) is 12.5 Å². The fourth-order valence-corrected chi connectivity index (χ4v) is 6.77. The van der Waals surface area contributed by atoms with Crippen LogP contribution in [0, 0.1) is 17.3 Å². The van der Waals surface area contributed by atoms with Crippen LogP contribution in [0.4, 0.5) is 21.4 Å². The van der Waals surface area contributed by atoms with Crippen molar-refractivity contribution in [1.29, 1.82) is 0 Å². The largest absolute Gasteiger partial charge is 0.444 e. The number of nitrogen functional groups attached to an aromatic ring is 1. The molecule has 0 radical (unpaired) electrons. The number of aromatic nitrogens is 2. The highest BCUT2D eigenvalue weighted by Crippen LogP contribution is 2.48. The highest BCUT2D eigenvalue weighted by atomic mass is 35.5. The Kier molecular flexibility index (Phi) is 11.2. The summed E-state index contributed by atoms with van der Waals surface area (Å²) in [7, 11) is 0. The second-order valence-electron chi connectivity index (χ2n) is 15.5. The van der Waals surface area contributed by atoms with Crippen molar-refractivity contribution in [2.24, 2.45) is 17.3 Å². The van der Waals surface area contributed by atoms with Gasteiger partial charge >= 0.3 is 12.2 Å². The zero-order valence-electron chi connectivity index (χ0n) is 27.8. The summed E-state index contributed by atoms with van der Waals surface area (Å²) >= 11 is 6.02. The van der Waals surface area contributed by atoms with E-state index in [2.05, 4.69) is 15.3 Å². The first-order valence-corrected chi connectivity index (χ1v) is 17.0. The number of carbonyl (C=O) groups is 2. The molecule has 248 valence electrons. The average molecular weight is 635 g/mol. The van der Waals surface area contributed by atoms with Crippen molar-refractivity contribution in [3.63, 3.8) is 0 Å². The number of ether oxygens (including phenoxy) is 2. The predicted octanol–water partition coefficient (Wildman–Crippen LogP) is 7.52. The molecule has 0 bridgehead atoms. The molecule has 3 fully saturated rings. The normalized spacial score (nSPS) is 22.2. The molecule has 3 saturated carbocycles. The first-order valence-electron chi connectivity index (χ1n) is 16.6. The van der Waals surface area contributed by atoms with E-state index >= 15 is 0 Å². The van der Waals surface area contributed by atoms with Gasteiger partial charge < -0.3 is 30.3 Å². The number of hydrogen-bond acceptors (Lipinski definition) is 8. The van der Waals surface area contributed by atoms with Gasteiger partial charge in [-0.2, -0.15) is 4.98 Å². The molecule has 4 rings (SSSR count). The van der Waals surface area contributed by atoms with Crippen LogP contribution in [0.5, 0.6) is 0 Å². The van der Waals surface area contributed by atoms with E-state index in [4.69, 9.17) is 26.8 Å². The third-order valence-electron chi connectivity index (χ3n) is 8.99. The molecule has 0 aliphatic heterocycles. The number of carbonyl (C=O) groups excluding carboxylic acids is 2. The van der Waals surface area contributed by atoms with E-state index in [0.29, 0.717) is 48.4 Å². The molecule has 10 nitrogen and oxygen atoms in total. The molecule has 1 aromatic rings. The van der Waals surface area contributed by atoms with Crippen molar-refractivity contribution < 1.29 is 19.1 Å². The summed E-state index contributed by atoms with van der Waals surface area (Å²) in [6, 6.07) is 1.73. The van der Waals surface area contributed by atoms with Crippen molar-refractivity contribution in [1.82, 2.24) is 19.8 Å². The molecule has 11 heteroatoms. The quantitative estimate of drug-likeness (QED) is 0.253. The lowest BCUT2D eigenvalue weighted by Crippen LogP contribution is -2.50. The van der Waals surface area contributed by atoms with Crippen molar-refractivity contribution in [2.75, 3.05) is 37.2 Å². The van der Waals surface area contributed by atoms with Gasteiger partial charge in [0.2, 0.25) is 5.95 Å². The van der Waals surface area contributed by atoms with E-state index in [9.17, 15) is 9.59 Å². The monoisotopic (exact) mass is 634 g/mol. The second kappa shape index (κ2) is 14.3. The summed E-state index contributed by atoms with van der Waals surface area (Å²) in [6.07, 6.45) is 11.2. The lowest BCUT2D eigenvalue weighted by Gasteiger charge is -2.40. The van der Waals surface area contributed by atoms with Gasteiger partial charge in [-0.1, -0.05) is 30.9 Å². The van der Waals surface area contributed by atoms with Crippen LogP contribution in [0.15, 0.2) is 6.07 Å². The number of nitrogens with zero attached hydrogens (tertiary/aromatic N) is 4. The van der Waals surface area contributed by atoms with Crippen molar-refractivity contribution in [3.8, 4) is 0 Å². The van der Waals surface area contributed by atoms with Crippen LogP contribution in [0.1, 0.15) is 112 Å². The Labute approximate surface area is 269 Å². The topological polar surface area (TPSA) is 123 Å². The minimum atomic E-state index is -0.578. The standard InChI is InChI=1S/C33H55ClN6O4/c1-31(2,3)43-29(41)39(20-24-14-12-23(13-15-24)19-36-28-37-26(34)18-27(35)38-28)21-33(16-17-33)22-40(25-10-8-7-9-11-25)30(42)44-32(4,5)6/h18,23-25H,7-17,19-22H2,1-6H3,(H3,35,36,37,38)/t23-,24-. The van der Waals surface area contributed by atoms with Gasteiger partial charge in [-0.05, 0) is 105 Å². The second-order valence-corrected chi connectivity index (χ2v) is 15.9. The molecular formula is C33H55ClN6O4. The summed E-state index contributed by atoms with van der Waals surface area (Å²) < 4.78 is 11.8. The van der Waals surface area contributed by atoms with Gasteiger partial charge in [0.15, 0.2) is 0 Å². The molecule has 1 heterocycles. The van der Waals surface area contributed by atoms with Gasteiger partial charge in [0.05, 0.1) is 0 Å². The number of amides is 2. The van der Waals surface area contributed by atoms with E-state index < -0.39 is 11.2 Å². The molecule has 3 aliphatic carbocycles. The average Bonchev–Trinajstić information content (AvgIpc) is 3.68. The van der Waals surface area contributed by atoms with E-state index in [1.54, 1.807) is 0 Å². The maximum Gasteiger partial charge on any atom is 0.410 e.